The quantitative estimate of drug-likeness (QED) is 0.526. The molecule has 2 heterocycles. The molecule has 1 N–H and O–H groups in total. The molecular formula is C18H19F2N5O4S2. The number of alkyl halides is 2. The molecule has 0 aliphatic heterocycles. The van der Waals surface area contributed by atoms with Crippen LogP contribution in [0.4, 0.5) is 8.78 Å². The van der Waals surface area contributed by atoms with E-state index in [4.69, 9.17) is 0 Å². The van der Waals surface area contributed by atoms with E-state index in [1.54, 1.807) is 6.92 Å². The highest BCUT2D eigenvalue weighted by Crippen LogP contribution is 2.37. The van der Waals surface area contributed by atoms with Crippen LogP contribution in [-0.2, 0) is 23.1 Å². The van der Waals surface area contributed by atoms with Gasteiger partial charge in [-0.1, -0.05) is 11.3 Å². The number of hydrogen-bond donors (Lipinski definition) is 1. The van der Waals surface area contributed by atoms with Crippen molar-refractivity contribution >= 4 is 32.3 Å². The van der Waals surface area contributed by atoms with E-state index in [0.717, 1.165) is 15.2 Å². The minimum Gasteiger partial charge on any atom is -0.291 e. The first kappa shape index (κ1) is 21.7. The zero-order chi connectivity index (χ0) is 22.4. The number of nitrogens with zero attached hydrogens (tertiary/aromatic N) is 4. The molecule has 0 spiro atoms. The predicted molar refractivity (Wildman–Crippen MR) is 110 cm³/mol. The van der Waals surface area contributed by atoms with Crippen molar-refractivity contribution in [1.29, 1.82) is 0 Å². The molecule has 0 radical (unpaired) electrons. The fourth-order valence-corrected chi connectivity index (χ4v) is 5.47. The smallest absolute Gasteiger partial charge is 0.291 e. The number of halogens is 2. The number of nitrogens with one attached hydrogen (secondary N) is 1. The molecule has 3 aromatic rings. The minimum atomic E-state index is -4.10. The first-order valence-corrected chi connectivity index (χ1v) is 11.7. The van der Waals surface area contributed by atoms with Crippen molar-refractivity contribution in [3.63, 3.8) is 0 Å². The zero-order valence-corrected chi connectivity index (χ0v) is 18.1. The lowest BCUT2D eigenvalue weighted by molar-refractivity contribution is 0.393. The number of sulfonamides is 1. The molecule has 4 rings (SSSR count). The Morgan fingerprint density at radius 2 is 1.94 bits per heavy atom. The molecule has 1 fully saturated rings. The van der Waals surface area contributed by atoms with Crippen LogP contribution >= 0.6 is 11.3 Å². The average molecular weight is 472 g/mol. The number of aromatic nitrogens is 4. The third-order valence-corrected chi connectivity index (χ3v) is 7.54. The van der Waals surface area contributed by atoms with Crippen molar-refractivity contribution in [2.45, 2.75) is 43.3 Å². The summed E-state index contributed by atoms with van der Waals surface area (Å²) in [5.41, 5.74) is -2.45. The van der Waals surface area contributed by atoms with Gasteiger partial charge in [-0.15, -0.1) is 10.2 Å². The lowest BCUT2D eigenvalue weighted by Gasteiger charge is -2.16. The van der Waals surface area contributed by atoms with Crippen molar-refractivity contribution in [3.05, 3.63) is 49.1 Å². The molecule has 0 bridgehead atoms. The largest absolute Gasteiger partial charge is 0.331 e. The summed E-state index contributed by atoms with van der Waals surface area (Å²) in [6.45, 7) is -0.443. The Kier molecular flexibility index (Phi) is 5.52. The Balaban J connectivity index is 1.87. The van der Waals surface area contributed by atoms with Gasteiger partial charge in [-0.05, 0) is 38.0 Å². The van der Waals surface area contributed by atoms with Crippen LogP contribution in [0, 0.1) is 6.92 Å². The van der Waals surface area contributed by atoms with Crippen molar-refractivity contribution in [3.8, 4) is 0 Å². The van der Waals surface area contributed by atoms with Gasteiger partial charge in [-0.3, -0.25) is 13.9 Å². The van der Waals surface area contributed by atoms with Crippen molar-refractivity contribution < 1.29 is 17.2 Å². The molecule has 1 aromatic carbocycles. The monoisotopic (exact) mass is 471 g/mol. The van der Waals surface area contributed by atoms with Gasteiger partial charge in [0.1, 0.15) is 23.4 Å². The highest BCUT2D eigenvalue weighted by molar-refractivity contribution is 7.89. The standard InChI is InChI=1S/C18H19F2N5O4S2/c1-11-21-22-15(30-11)9-25-16(26)13-8-12(31(28,29)23-18(10-20)4-5-18)2-3-14(13)24(7-6-19)17(25)27/h2-3,8,23H,4-7,9-10H2,1H3. The lowest BCUT2D eigenvalue weighted by atomic mass is 10.2. The van der Waals surface area contributed by atoms with E-state index in [-0.39, 0.29) is 28.9 Å². The summed E-state index contributed by atoms with van der Waals surface area (Å²) in [5, 5.41) is 8.75. The molecule has 1 aliphatic rings. The van der Waals surface area contributed by atoms with E-state index in [9.17, 15) is 26.8 Å². The van der Waals surface area contributed by atoms with E-state index in [1.807, 2.05) is 0 Å². The van der Waals surface area contributed by atoms with Gasteiger partial charge in [0, 0.05) is 0 Å². The van der Waals surface area contributed by atoms with Crippen LogP contribution in [0.5, 0.6) is 0 Å². The van der Waals surface area contributed by atoms with Crippen LogP contribution in [0.15, 0.2) is 32.7 Å². The zero-order valence-electron chi connectivity index (χ0n) is 16.5. The number of fused-ring (bicyclic) bond motifs is 1. The summed E-state index contributed by atoms with van der Waals surface area (Å²) in [6.07, 6.45) is 0.779. The SMILES string of the molecule is Cc1nnc(Cn2c(=O)c3cc(S(=O)(=O)NC4(CF)CC4)ccc3n(CCF)c2=O)s1. The van der Waals surface area contributed by atoms with E-state index in [1.165, 1.54) is 23.5 Å². The van der Waals surface area contributed by atoms with Crippen molar-refractivity contribution in [2.24, 2.45) is 0 Å². The second-order valence-electron chi connectivity index (χ2n) is 7.43. The van der Waals surface area contributed by atoms with Gasteiger partial charge >= 0.3 is 5.69 Å². The Morgan fingerprint density at radius 3 is 2.52 bits per heavy atom. The van der Waals surface area contributed by atoms with Crippen LogP contribution in [0.2, 0.25) is 0 Å². The summed E-state index contributed by atoms with van der Waals surface area (Å²) in [7, 11) is -4.10. The highest BCUT2D eigenvalue weighted by atomic mass is 32.2. The van der Waals surface area contributed by atoms with Crippen LogP contribution in [0.3, 0.4) is 0 Å². The maximum Gasteiger partial charge on any atom is 0.331 e. The Hall–Kier alpha value is -2.51. The molecule has 0 atom stereocenters. The first-order valence-electron chi connectivity index (χ1n) is 9.42. The molecule has 166 valence electrons. The molecule has 9 nitrogen and oxygen atoms in total. The molecule has 31 heavy (non-hydrogen) atoms. The van der Waals surface area contributed by atoms with Gasteiger partial charge in [0.25, 0.3) is 5.56 Å². The van der Waals surface area contributed by atoms with Crippen molar-refractivity contribution in [2.75, 3.05) is 13.3 Å². The average Bonchev–Trinajstić information content (AvgIpc) is 3.38. The number of benzene rings is 1. The second kappa shape index (κ2) is 7.88. The molecule has 1 aliphatic carbocycles. The van der Waals surface area contributed by atoms with Gasteiger partial charge in [0.05, 0.1) is 34.4 Å². The molecular weight excluding hydrogens is 452 g/mol. The van der Waals surface area contributed by atoms with Gasteiger partial charge in [0.15, 0.2) is 0 Å². The fraction of sp³-hybridized carbons (Fsp3) is 0.444. The van der Waals surface area contributed by atoms with Crippen LogP contribution < -0.4 is 16.0 Å². The summed E-state index contributed by atoms with van der Waals surface area (Å²) in [5.74, 6) is 0. The maximum absolute atomic E-state index is 13.2. The minimum absolute atomic E-state index is 0.0674. The van der Waals surface area contributed by atoms with E-state index >= 15 is 0 Å². The molecule has 2 aromatic heterocycles. The predicted octanol–water partition coefficient (Wildman–Crippen LogP) is 1.12. The normalized spacial score (nSPS) is 15.5. The van der Waals surface area contributed by atoms with Crippen LogP contribution in [-0.4, -0.2) is 46.6 Å². The van der Waals surface area contributed by atoms with Gasteiger partial charge in [0.2, 0.25) is 10.0 Å². The Labute approximate surface area is 179 Å². The molecule has 13 heteroatoms. The summed E-state index contributed by atoms with van der Waals surface area (Å²) < 4.78 is 56.1. The highest BCUT2D eigenvalue weighted by Gasteiger charge is 2.46. The van der Waals surface area contributed by atoms with E-state index in [0.29, 0.717) is 22.9 Å². The maximum atomic E-state index is 13.2. The van der Waals surface area contributed by atoms with Crippen LogP contribution in [0.25, 0.3) is 10.9 Å². The number of rotatable bonds is 8. The topological polar surface area (TPSA) is 116 Å². The molecule has 0 unspecified atom stereocenters. The first-order chi connectivity index (χ1) is 14.7. The molecule has 0 saturated heterocycles. The number of aryl methyl sites for hydroxylation is 2. The third kappa shape index (κ3) is 4.04. The van der Waals surface area contributed by atoms with Crippen molar-refractivity contribution in [1.82, 2.24) is 24.1 Å². The molecule has 1 saturated carbocycles. The van der Waals surface area contributed by atoms with Crippen LogP contribution in [0.1, 0.15) is 22.9 Å². The Bertz CT molecular complexity index is 1380. The summed E-state index contributed by atoms with van der Waals surface area (Å²) >= 11 is 1.20. The van der Waals surface area contributed by atoms with E-state index < -0.39 is 40.2 Å². The summed E-state index contributed by atoms with van der Waals surface area (Å²) in [6, 6.07) is 3.63. The fourth-order valence-electron chi connectivity index (χ4n) is 3.30. The Morgan fingerprint density at radius 1 is 1.19 bits per heavy atom. The van der Waals surface area contributed by atoms with Gasteiger partial charge in [-0.25, -0.2) is 26.7 Å². The van der Waals surface area contributed by atoms with Gasteiger partial charge < -0.3 is 0 Å². The number of hydrogen-bond acceptors (Lipinski definition) is 7. The second-order valence-corrected chi connectivity index (χ2v) is 10.4. The van der Waals surface area contributed by atoms with E-state index in [2.05, 4.69) is 14.9 Å². The molecule has 0 amide bonds. The lowest BCUT2D eigenvalue weighted by Crippen LogP contribution is -2.41. The van der Waals surface area contributed by atoms with Gasteiger partial charge in [-0.2, -0.15) is 0 Å². The third-order valence-electron chi connectivity index (χ3n) is 5.14. The summed E-state index contributed by atoms with van der Waals surface area (Å²) in [4.78, 5) is 25.7.